The van der Waals surface area contributed by atoms with Crippen molar-refractivity contribution in [2.45, 2.75) is 62.8 Å². The maximum Gasteiger partial charge on any atom is 0.262 e. The Morgan fingerprint density at radius 3 is 2.62 bits per heavy atom. The van der Waals surface area contributed by atoms with Crippen LogP contribution in [-0.4, -0.2) is 65.9 Å². The van der Waals surface area contributed by atoms with Crippen LogP contribution in [0.4, 0.5) is 0 Å². The zero-order chi connectivity index (χ0) is 22.3. The highest BCUT2D eigenvalue weighted by Gasteiger charge is 2.44. The van der Waals surface area contributed by atoms with E-state index in [4.69, 9.17) is 4.74 Å². The Balaban J connectivity index is 1.26. The van der Waals surface area contributed by atoms with Gasteiger partial charge in [0.2, 0.25) is 11.8 Å². The second-order valence-electron chi connectivity index (χ2n) is 9.18. The average molecular weight is 441 g/mol. The van der Waals surface area contributed by atoms with Crippen molar-refractivity contribution in [2.24, 2.45) is 0 Å². The Morgan fingerprint density at radius 1 is 1.06 bits per heavy atom. The van der Waals surface area contributed by atoms with Crippen LogP contribution in [0.1, 0.15) is 64.8 Å². The number of hydrogen-bond donors (Lipinski definition) is 3. The van der Waals surface area contributed by atoms with Gasteiger partial charge in [-0.1, -0.05) is 6.07 Å². The quantitative estimate of drug-likeness (QED) is 0.583. The first-order valence-corrected chi connectivity index (χ1v) is 11.4. The second kappa shape index (κ2) is 8.38. The van der Waals surface area contributed by atoms with Gasteiger partial charge in [0.05, 0.1) is 16.7 Å². The number of piperidine rings is 2. The van der Waals surface area contributed by atoms with Crippen molar-refractivity contribution in [3.8, 4) is 0 Å². The number of benzene rings is 1. The van der Waals surface area contributed by atoms with Gasteiger partial charge in [0, 0.05) is 25.6 Å². The molecule has 4 aliphatic heterocycles. The molecule has 2 atom stereocenters. The number of imide groups is 2. The van der Waals surface area contributed by atoms with Gasteiger partial charge >= 0.3 is 0 Å². The summed E-state index contributed by atoms with van der Waals surface area (Å²) in [4.78, 5) is 50.4. The molecule has 170 valence electrons. The molecule has 32 heavy (non-hydrogen) atoms. The van der Waals surface area contributed by atoms with Gasteiger partial charge in [-0.25, -0.2) is 0 Å². The molecule has 0 aliphatic carbocycles. The SMILES string of the molecule is O=C1CCC(N2C(=O)c3ccc(CNC4CCOC5(CCNCC5)C4)cc3C2=O)C(=O)N1. The van der Waals surface area contributed by atoms with E-state index in [0.717, 1.165) is 55.8 Å². The molecule has 5 rings (SSSR count). The zero-order valence-electron chi connectivity index (χ0n) is 17.9. The lowest BCUT2D eigenvalue weighted by Gasteiger charge is -2.44. The molecule has 1 aromatic rings. The molecule has 3 N–H and O–H groups in total. The molecule has 0 bridgehead atoms. The molecule has 3 fully saturated rings. The van der Waals surface area contributed by atoms with E-state index < -0.39 is 23.8 Å². The van der Waals surface area contributed by atoms with E-state index in [1.165, 1.54) is 0 Å². The summed E-state index contributed by atoms with van der Waals surface area (Å²) in [6.45, 7) is 3.30. The summed E-state index contributed by atoms with van der Waals surface area (Å²) >= 11 is 0. The normalized spacial score (nSPS) is 27.6. The van der Waals surface area contributed by atoms with Crippen LogP contribution in [-0.2, 0) is 20.9 Å². The van der Waals surface area contributed by atoms with Crippen LogP contribution >= 0.6 is 0 Å². The highest BCUT2D eigenvalue weighted by molar-refractivity contribution is 6.23. The standard InChI is InChI=1S/C23H28N4O5/c28-19-4-3-18(20(29)26-19)27-21(30)16-2-1-14(11-17(16)22(27)31)13-25-15-5-10-32-23(12-15)6-8-24-9-7-23/h1-2,11,15,18,24-25H,3-10,12-13H2,(H,26,28,29). The number of amides is 4. The first kappa shape index (κ1) is 21.2. The minimum absolute atomic E-state index is 0.0378. The third kappa shape index (κ3) is 3.85. The van der Waals surface area contributed by atoms with Crippen LogP contribution < -0.4 is 16.0 Å². The molecule has 9 heteroatoms. The molecular formula is C23H28N4O5. The zero-order valence-corrected chi connectivity index (χ0v) is 17.9. The molecule has 4 heterocycles. The van der Waals surface area contributed by atoms with Crippen LogP contribution in [0.5, 0.6) is 0 Å². The first-order valence-electron chi connectivity index (χ1n) is 11.4. The summed E-state index contributed by atoms with van der Waals surface area (Å²) in [5.41, 5.74) is 1.51. The number of fused-ring (bicyclic) bond motifs is 1. The number of ether oxygens (including phenoxy) is 1. The summed E-state index contributed by atoms with van der Waals surface area (Å²) in [5, 5.41) is 9.21. The lowest BCUT2D eigenvalue weighted by Crippen LogP contribution is -2.54. The Morgan fingerprint density at radius 2 is 1.84 bits per heavy atom. The summed E-state index contributed by atoms with van der Waals surface area (Å²) in [6, 6.07) is 4.66. The van der Waals surface area contributed by atoms with Crippen molar-refractivity contribution in [3.63, 3.8) is 0 Å². The summed E-state index contributed by atoms with van der Waals surface area (Å²) in [6.07, 6.45) is 4.24. The van der Waals surface area contributed by atoms with Crippen molar-refractivity contribution in [2.75, 3.05) is 19.7 Å². The Labute approximate surface area is 186 Å². The topological polar surface area (TPSA) is 117 Å². The largest absolute Gasteiger partial charge is 0.375 e. The van der Waals surface area contributed by atoms with Gasteiger partial charge in [-0.2, -0.15) is 0 Å². The summed E-state index contributed by atoms with van der Waals surface area (Å²) in [7, 11) is 0. The minimum atomic E-state index is -0.940. The van der Waals surface area contributed by atoms with Crippen LogP contribution in [0.3, 0.4) is 0 Å². The fourth-order valence-electron chi connectivity index (χ4n) is 5.32. The average Bonchev–Trinajstić information content (AvgIpc) is 3.03. The van der Waals surface area contributed by atoms with Crippen molar-refractivity contribution < 1.29 is 23.9 Å². The van der Waals surface area contributed by atoms with Crippen molar-refractivity contribution in [3.05, 3.63) is 34.9 Å². The predicted molar refractivity (Wildman–Crippen MR) is 114 cm³/mol. The van der Waals surface area contributed by atoms with Gasteiger partial charge < -0.3 is 15.4 Å². The van der Waals surface area contributed by atoms with Gasteiger partial charge in [-0.3, -0.25) is 29.4 Å². The van der Waals surface area contributed by atoms with Crippen LogP contribution in [0.15, 0.2) is 18.2 Å². The fraction of sp³-hybridized carbons (Fsp3) is 0.565. The number of rotatable bonds is 4. The molecule has 4 amide bonds. The molecule has 1 spiro atoms. The second-order valence-corrected chi connectivity index (χ2v) is 9.18. The first-order chi connectivity index (χ1) is 15.5. The fourth-order valence-corrected chi connectivity index (χ4v) is 5.32. The van der Waals surface area contributed by atoms with Gasteiger partial charge in [0.15, 0.2) is 0 Å². The smallest absolute Gasteiger partial charge is 0.262 e. The molecule has 2 unspecified atom stereocenters. The van der Waals surface area contributed by atoms with Crippen LogP contribution in [0.25, 0.3) is 0 Å². The summed E-state index contributed by atoms with van der Waals surface area (Å²) in [5.74, 6) is -1.92. The summed E-state index contributed by atoms with van der Waals surface area (Å²) < 4.78 is 6.14. The maximum atomic E-state index is 13.0. The Kier molecular flexibility index (Phi) is 5.56. The lowest BCUT2D eigenvalue weighted by atomic mass is 9.83. The number of hydrogen-bond acceptors (Lipinski definition) is 7. The van der Waals surface area contributed by atoms with Gasteiger partial charge in [0.25, 0.3) is 11.8 Å². The van der Waals surface area contributed by atoms with Crippen LogP contribution in [0.2, 0.25) is 0 Å². The van der Waals surface area contributed by atoms with E-state index in [1.54, 1.807) is 12.1 Å². The highest BCUT2D eigenvalue weighted by Crippen LogP contribution is 2.33. The van der Waals surface area contributed by atoms with Crippen molar-refractivity contribution in [1.29, 1.82) is 0 Å². The molecular weight excluding hydrogens is 412 g/mol. The van der Waals surface area contributed by atoms with Crippen molar-refractivity contribution in [1.82, 2.24) is 20.9 Å². The minimum Gasteiger partial charge on any atom is -0.375 e. The molecule has 1 aromatic carbocycles. The maximum absolute atomic E-state index is 13.0. The monoisotopic (exact) mass is 440 g/mol. The Bertz CT molecular complexity index is 966. The Hall–Kier alpha value is -2.62. The van der Waals surface area contributed by atoms with E-state index >= 15 is 0 Å². The molecule has 0 saturated carbocycles. The molecule has 0 radical (unpaired) electrons. The third-order valence-electron chi connectivity index (χ3n) is 7.11. The van der Waals surface area contributed by atoms with Gasteiger partial charge in [0.1, 0.15) is 6.04 Å². The molecule has 0 aromatic heterocycles. The number of nitrogens with zero attached hydrogens (tertiary/aromatic N) is 1. The number of nitrogens with one attached hydrogen (secondary N) is 3. The molecule has 9 nitrogen and oxygen atoms in total. The van der Waals surface area contributed by atoms with E-state index in [9.17, 15) is 19.2 Å². The molecule has 3 saturated heterocycles. The van der Waals surface area contributed by atoms with E-state index in [2.05, 4.69) is 16.0 Å². The van der Waals surface area contributed by atoms with Crippen molar-refractivity contribution >= 4 is 23.6 Å². The van der Waals surface area contributed by atoms with Gasteiger partial charge in [-0.15, -0.1) is 0 Å². The van der Waals surface area contributed by atoms with Crippen LogP contribution in [0, 0.1) is 0 Å². The molecule has 4 aliphatic rings. The number of carbonyl (C=O) groups excluding carboxylic acids is 4. The van der Waals surface area contributed by atoms with E-state index in [-0.39, 0.29) is 24.3 Å². The van der Waals surface area contributed by atoms with E-state index in [0.29, 0.717) is 23.7 Å². The lowest BCUT2D eigenvalue weighted by molar-refractivity contribution is -0.136. The third-order valence-corrected chi connectivity index (χ3v) is 7.11. The van der Waals surface area contributed by atoms with Gasteiger partial charge in [-0.05, 0) is 62.9 Å². The highest BCUT2D eigenvalue weighted by atomic mass is 16.5. The number of carbonyl (C=O) groups is 4. The predicted octanol–water partition coefficient (Wildman–Crippen LogP) is 0.479. The van der Waals surface area contributed by atoms with E-state index in [1.807, 2.05) is 6.07 Å².